The third-order valence-corrected chi connectivity index (χ3v) is 3.77. The van der Waals surface area contributed by atoms with Gasteiger partial charge in [0.2, 0.25) is 5.91 Å². The Hall–Kier alpha value is -1.35. The lowest BCUT2D eigenvalue weighted by Crippen LogP contribution is -2.38. The summed E-state index contributed by atoms with van der Waals surface area (Å²) >= 11 is 0. The van der Waals surface area contributed by atoms with Crippen LogP contribution in [-0.4, -0.2) is 18.5 Å². The Bertz CT molecular complexity index is 467. The van der Waals surface area contributed by atoms with E-state index >= 15 is 0 Å². The Morgan fingerprint density at radius 3 is 2.00 bits per heavy atom. The van der Waals surface area contributed by atoms with E-state index in [1.54, 1.807) is 0 Å². The molecule has 1 rings (SSSR count). The lowest BCUT2D eigenvalue weighted by atomic mass is 9.81. The van der Waals surface area contributed by atoms with Gasteiger partial charge in [-0.25, -0.2) is 0 Å². The molecule has 0 aliphatic heterocycles. The largest absolute Gasteiger partial charge is 0.355 e. The minimum atomic E-state index is -0.0980. The minimum Gasteiger partial charge on any atom is -0.355 e. The van der Waals surface area contributed by atoms with Crippen LogP contribution < -0.4 is 11.1 Å². The Morgan fingerprint density at radius 2 is 1.57 bits per heavy atom. The van der Waals surface area contributed by atoms with Crippen LogP contribution in [0.3, 0.4) is 0 Å². The molecule has 0 fully saturated rings. The van der Waals surface area contributed by atoms with Gasteiger partial charge in [0, 0.05) is 24.4 Å². The third-order valence-electron chi connectivity index (χ3n) is 3.77. The number of carbonyl (C=O) groups is 1. The molecule has 118 valence electrons. The fourth-order valence-electron chi connectivity index (χ4n) is 2.21. The minimum absolute atomic E-state index is 0.0180. The van der Waals surface area contributed by atoms with E-state index in [-0.39, 0.29) is 22.8 Å². The average molecular weight is 290 g/mol. The van der Waals surface area contributed by atoms with E-state index in [9.17, 15) is 4.79 Å². The highest BCUT2D eigenvalue weighted by Gasteiger charge is 2.22. The highest BCUT2D eigenvalue weighted by atomic mass is 16.1. The second-order valence-electron chi connectivity index (χ2n) is 7.67. The predicted molar refractivity (Wildman–Crippen MR) is 89.4 cm³/mol. The molecule has 1 amide bonds. The topological polar surface area (TPSA) is 55.1 Å². The summed E-state index contributed by atoms with van der Waals surface area (Å²) < 4.78 is 0. The van der Waals surface area contributed by atoms with Crippen molar-refractivity contribution in [1.82, 2.24) is 5.32 Å². The third kappa shape index (κ3) is 5.50. The molecule has 1 atom stereocenters. The maximum atomic E-state index is 11.7. The summed E-state index contributed by atoms with van der Waals surface area (Å²) in [5.74, 6) is 0.0180. The van der Waals surface area contributed by atoms with Crippen LogP contribution in [0.4, 0.5) is 0 Å². The van der Waals surface area contributed by atoms with Gasteiger partial charge in [0.15, 0.2) is 0 Å². The molecule has 3 nitrogen and oxygen atoms in total. The fraction of sp³-hybridized carbons (Fsp3) is 0.611. The molecule has 3 N–H and O–H groups in total. The highest BCUT2D eigenvalue weighted by Crippen LogP contribution is 2.27. The van der Waals surface area contributed by atoms with E-state index in [0.717, 1.165) is 0 Å². The van der Waals surface area contributed by atoms with Crippen LogP contribution in [0.25, 0.3) is 0 Å². The first kappa shape index (κ1) is 17.7. The molecule has 0 heterocycles. The molecular formula is C18H30N2O. The Labute approximate surface area is 129 Å². The van der Waals surface area contributed by atoms with Gasteiger partial charge in [0.25, 0.3) is 0 Å². The summed E-state index contributed by atoms with van der Waals surface area (Å²) in [5, 5.41) is 2.98. The quantitative estimate of drug-likeness (QED) is 0.875. The van der Waals surface area contributed by atoms with Crippen molar-refractivity contribution in [3.63, 3.8) is 0 Å². The summed E-state index contributed by atoms with van der Waals surface area (Å²) in [4.78, 5) is 11.7. The zero-order chi connectivity index (χ0) is 16.3. The van der Waals surface area contributed by atoms with E-state index in [1.807, 2.05) is 6.92 Å². The molecule has 0 spiro atoms. The molecule has 0 saturated heterocycles. The Balaban J connectivity index is 2.72. The SMILES string of the molecule is CC(N)CC(=O)NCC(C)(C)c1ccc(C(C)(C)C)cc1. The fourth-order valence-corrected chi connectivity index (χ4v) is 2.21. The van der Waals surface area contributed by atoms with Crippen molar-refractivity contribution >= 4 is 5.91 Å². The van der Waals surface area contributed by atoms with E-state index in [1.165, 1.54) is 11.1 Å². The van der Waals surface area contributed by atoms with Gasteiger partial charge in [-0.15, -0.1) is 0 Å². The van der Waals surface area contributed by atoms with Gasteiger partial charge in [0.05, 0.1) is 0 Å². The maximum Gasteiger partial charge on any atom is 0.221 e. The molecule has 21 heavy (non-hydrogen) atoms. The number of rotatable bonds is 5. The van der Waals surface area contributed by atoms with E-state index in [0.29, 0.717) is 13.0 Å². The number of carbonyl (C=O) groups excluding carboxylic acids is 1. The molecule has 0 aromatic heterocycles. The predicted octanol–water partition coefficient (Wildman–Crippen LogP) is 3.12. The summed E-state index contributed by atoms with van der Waals surface area (Å²) in [7, 11) is 0. The molecule has 1 aromatic carbocycles. The second kappa shape index (κ2) is 6.61. The van der Waals surface area contributed by atoms with E-state index in [4.69, 9.17) is 5.73 Å². The van der Waals surface area contributed by atoms with Crippen LogP contribution >= 0.6 is 0 Å². The van der Waals surface area contributed by atoms with Crippen molar-refractivity contribution in [3.05, 3.63) is 35.4 Å². The van der Waals surface area contributed by atoms with Gasteiger partial charge in [-0.3, -0.25) is 4.79 Å². The normalized spacial score (nSPS) is 13.9. The van der Waals surface area contributed by atoms with Gasteiger partial charge in [-0.05, 0) is 23.5 Å². The molecule has 0 radical (unpaired) electrons. The van der Waals surface area contributed by atoms with Crippen molar-refractivity contribution in [1.29, 1.82) is 0 Å². The Kier molecular flexibility index (Phi) is 5.57. The summed E-state index contributed by atoms with van der Waals surface area (Å²) in [6.07, 6.45) is 0.374. The summed E-state index contributed by atoms with van der Waals surface area (Å²) in [6.45, 7) is 13.4. The van der Waals surface area contributed by atoms with Crippen LogP contribution in [0.5, 0.6) is 0 Å². The number of nitrogens with one attached hydrogen (secondary N) is 1. The number of hydrogen-bond donors (Lipinski definition) is 2. The van der Waals surface area contributed by atoms with Gasteiger partial charge in [-0.2, -0.15) is 0 Å². The first-order valence-electron chi connectivity index (χ1n) is 7.66. The van der Waals surface area contributed by atoms with Crippen molar-refractivity contribution in [2.45, 2.75) is 64.8 Å². The lowest BCUT2D eigenvalue weighted by Gasteiger charge is -2.27. The molecule has 0 saturated carbocycles. The monoisotopic (exact) mass is 290 g/mol. The maximum absolute atomic E-state index is 11.7. The van der Waals surface area contributed by atoms with Crippen molar-refractivity contribution in [2.75, 3.05) is 6.54 Å². The summed E-state index contributed by atoms with van der Waals surface area (Å²) in [5.41, 5.74) is 8.26. The van der Waals surface area contributed by atoms with E-state index < -0.39 is 0 Å². The highest BCUT2D eigenvalue weighted by molar-refractivity contribution is 5.76. The van der Waals surface area contributed by atoms with E-state index in [2.05, 4.69) is 64.2 Å². The zero-order valence-corrected chi connectivity index (χ0v) is 14.3. The first-order valence-corrected chi connectivity index (χ1v) is 7.66. The first-order chi connectivity index (χ1) is 9.52. The van der Waals surface area contributed by atoms with Gasteiger partial charge < -0.3 is 11.1 Å². The van der Waals surface area contributed by atoms with Crippen LogP contribution in [0.1, 0.15) is 59.1 Å². The molecular weight excluding hydrogens is 260 g/mol. The van der Waals surface area contributed by atoms with Crippen LogP contribution in [0.2, 0.25) is 0 Å². The average Bonchev–Trinajstić information content (AvgIpc) is 2.35. The van der Waals surface area contributed by atoms with Gasteiger partial charge in [0.1, 0.15) is 0 Å². The summed E-state index contributed by atoms with van der Waals surface area (Å²) in [6, 6.07) is 8.59. The van der Waals surface area contributed by atoms with Crippen LogP contribution in [0, 0.1) is 0 Å². The van der Waals surface area contributed by atoms with Gasteiger partial charge in [-0.1, -0.05) is 58.9 Å². The molecule has 1 aromatic rings. The van der Waals surface area contributed by atoms with Crippen LogP contribution in [0.15, 0.2) is 24.3 Å². The lowest BCUT2D eigenvalue weighted by molar-refractivity contribution is -0.121. The van der Waals surface area contributed by atoms with Crippen molar-refractivity contribution < 1.29 is 4.79 Å². The number of benzene rings is 1. The number of nitrogens with two attached hydrogens (primary N) is 1. The molecule has 0 aliphatic carbocycles. The number of amides is 1. The molecule has 1 unspecified atom stereocenters. The van der Waals surface area contributed by atoms with Crippen molar-refractivity contribution in [3.8, 4) is 0 Å². The number of hydrogen-bond acceptors (Lipinski definition) is 2. The van der Waals surface area contributed by atoms with Gasteiger partial charge >= 0.3 is 0 Å². The van der Waals surface area contributed by atoms with Crippen molar-refractivity contribution in [2.24, 2.45) is 5.73 Å². The Morgan fingerprint density at radius 1 is 1.10 bits per heavy atom. The molecule has 0 aliphatic rings. The smallest absolute Gasteiger partial charge is 0.221 e. The van der Waals surface area contributed by atoms with Crippen LogP contribution in [-0.2, 0) is 15.6 Å². The zero-order valence-electron chi connectivity index (χ0n) is 14.3. The standard InChI is InChI=1S/C18H30N2O/c1-13(19)11-16(21)20-12-18(5,6)15-9-7-14(8-10-15)17(2,3)4/h7-10,13H,11-12,19H2,1-6H3,(H,20,21). The second-order valence-corrected chi connectivity index (χ2v) is 7.67. The molecule has 0 bridgehead atoms. The molecule has 3 heteroatoms.